The van der Waals surface area contributed by atoms with E-state index in [1.165, 1.54) is 0 Å². The minimum atomic E-state index is -8.73. The molecule has 4 nitrogen and oxygen atoms in total. The Morgan fingerprint density at radius 2 is 0.972 bits per heavy atom. The summed E-state index contributed by atoms with van der Waals surface area (Å²) in [7, 11) is 1.14. The quantitative estimate of drug-likeness (QED) is 0.133. The standard InChI is InChI=1S/C15H14F17NO3/c1-6(34)36-7(5-33(2,3)35)4-8(16,17)9(18,19)10(20,21)11(22,23)12(24,25)13(26,27)14(28,29)15(30,31)32/h7H,4-5H2,1-3H3. The molecular formula is C15H14F17NO3. The van der Waals surface area contributed by atoms with Crippen LogP contribution in [0.1, 0.15) is 13.3 Å². The Kier molecular flexibility index (Phi) is 8.73. The van der Waals surface area contributed by atoms with E-state index in [0.29, 0.717) is 21.0 Å². The molecule has 1 unspecified atom stereocenters. The largest absolute Gasteiger partial charge is 0.633 e. The number of nitrogens with zero attached hydrogens (tertiary/aromatic N) is 1. The SMILES string of the molecule is CC(=O)OC(CC(F)(F)C(F)(F)C(F)(F)C(F)(F)C(F)(F)C(F)(F)C(F)(F)C(F)(F)F)C[N+](C)(C)[O-]. The predicted molar refractivity (Wildman–Crippen MR) is 81.2 cm³/mol. The van der Waals surface area contributed by atoms with Gasteiger partial charge in [0, 0.05) is 6.92 Å². The fraction of sp³-hybridized carbons (Fsp3) is 0.933. The van der Waals surface area contributed by atoms with E-state index in [-0.39, 0.29) is 0 Å². The van der Waals surface area contributed by atoms with Crippen LogP contribution in [0.4, 0.5) is 74.6 Å². The zero-order valence-corrected chi connectivity index (χ0v) is 17.6. The van der Waals surface area contributed by atoms with Gasteiger partial charge in [0.05, 0.1) is 20.5 Å². The van der Waals surface area contributed by atoms with Crippen molar-refractivity contribution in [2.75, 3.05) is 20.6 Å². The summed E-state index contributed by atoms with van der Waals surface area (Å²) in [6.45, 7) is -1.10. The number of rotatable bonds is 11. The number of esters is 1. The van der Waals surface area contributed by atoms with Crippen LogP contribution in [-0.4, -0.2) is 85.0 Å². The van der Waals surface area contributed by atoms with Crippen LogP contribution in [0.2, 0.25) is 0 Å². The predicted octanol–water partition coefficient (Wildman–Crippen LogP) is 5.89. The third-order valence-corrected chi connectivity index (χ3v) is 4.25. The Bertz CT molecular complexity index is 800. The van der Waals surface area contributed by atoms with Gasteiger partial charge in [0.1, 0.15) is 6.54 Å². The molecule has 0 heterocycles. The van der Waals surface area contributed by atoms with Gasteiger partial charge in [0.25, 0.3) is 0 Å². The minimum absolute atomic E-state index is 0.389. The third kappa shape index (κ3) is 5.54. The molecule has 0 saturated heterocycles. The lowest BCUT2D eigenvalue weighted by Crippen LogP contribution is -2.74. The number of quaternary nitrogens is 1. The second-order valence-electron chi connectivity index (χ2n) is 7.84. The molecule has 0 aromatic rings. The average Bonchev–Trinajstić information content (AvgIpc) is 2.56. The Balaban J connectivity index is 6.69. The molecule has 0 fully saturated rings. The van der Waals surface area contributed by atoms with Crippen LogP contribution in [0.25, 0.3) is 0 Å². The zero-order valence-electron chi connectivity index (χ0n) is 17.6. The van der Waals surface area contributed by atoms with Crippen LogP contribution in [-0.2, 0) is 9.53 Å². The summed E-state index contributed by atoms with van der Waals surface area (Å²) < 4.78 is 227. The van der Waals surface area contributed by atoms with Crippen LogP contribution in [0.3, 0.4) is 0 Å². The summed E-state index contributed by atoms with van der Waals surface area (Å²) in [6.07, 6.45) is -13.7. The molecule has 21 heteroatoms. The van der Waals surface area contributed by atoms with Crippen LogP contribution in [0.15, 0.2) is 0 Å². The van der Waals surface area contributed by atoms with E-state index in [2.05, 4.69) is 4.74 Å². The fourth-order valence-electron chi connectivity index (χ4n) is 2.48. The molecule has 0 aromatic heterocycles. The van der Waals surface area contributed by atoms with Crippen molar-refractivity contribution >= 4 is 5.97 Å². The summed E-state index contributed by atoms with van der Waals surface area (Å²) in [5.74, 6) is -59.0. The number of hydroxylamine groups is 3. The Morgan fingerprint density at radius 3 is 1.25 bits per heavy atom. The Labute approximate surface area is 189 Å². The molecule has 0 aromatic carbocycles. The topological polar surface area (TPSA) is 49.4 Å². The number of ether oxygens (including phenoxy) is 1. The summed E-state index contributed by atoms with van der Waals surface area (Å²) in [5, 5.41) is 11.5. The maximum atomic E-state index is 14.0. The summed E-state index contributed by atoms with van der Waals surface area (Å²) in [4.78, 5) is 10.9. The molecule has 0 bridgehead atoms. The van der Waals surface area contributed by atoms with Crippen molar-refractivity contribution in [3.8, 4) is 0 Å². The molecule has 0 spiro atoms. The molecule has 0 aliphatic carbocycles. The number of hydrogen-bond donors (Lipinski definition) is 0. The highest BCUT2D eigenvalue weighted by molar-refractivity contribution is 5.66. The first kappa shape index (κ1) is 34.2. The molecule has 0 rings (SSSR count). The van der Waals surface area contributed by atoms with Crippen molar-refractivity contribution in [3.63, 3.8) is 0 Å². The van der Waals surface area contributed by atoms with Crippen LogP contribution in [0, 0.1) is 5.21 Å². The summed E-state index contributed by atoms with van der Waals surface area (Å²) in [6, 6.07) is 0. The van der Waals surface area contributed by atoms with E-state index in [0.717, 1.165) is 0 Å². The second-order valence-corrected chi connectivity index (χ2v) is 7.84. The second kappa shape index (κ2) is 9.19. The van der Waals surface area contributed by atoms with Gasteiger partial charge in [0.15, 0.2) is 6.10 Å². The molecule has 0 aliphatic rings. The van der Waals surface area contributed by atoms with E-state index in [1.807, 2.05) is 0 Å². The van der Waals surface area contributed by atoms with E-state index in [4.69, 9.17) is 0 Å². The zero-order chi connectivity index (χ0) is 29.8. The normalized spacial score (nSPS) is 16.7. The molecule has 0 N–H and O–H groups in total. The Morgan fingerprint density at radius 1 is 0.667 bits per heavy atom. The maximum absolute atomic E-state index is 14.0. The third-order valence-electron chi connectivity index (χ3n) is 4.25. The molecule has 0 radical (unpaired) electrons. The van der Waals surface area contributed by atoms with Crippen molar-refractivity contribution in [2.24, 2.45) is 0 Å². The van der Waals surface area contributed by atoms with Gasteiger partial charge in [-0.1, -0.05) is 0 Å². The van der Waals surface area contributed by atoms with Gasteiger partial charge in [-0.25, -0.2) is 0 Å². The van der Waals surface area contributed by atoms with Crippen molar-refractivity contribution in [2.45, 2.75) is 67.1 Å². The molecule has 1 atom stereocenters. The number of carbonyl (C=O) groups excluding carboxylic acids is 1. The number of likely N-dealkylation sites (N-methyl/N-ethyl adjacent to an activating group) is 1. The number of alkyl halides is 17. The van der Waals surface area contributed by atoms with Gasteiger partial charge in [-0.3, -0.25) is 4.79 Å². The summed E-state index contributed by atoms with van der Waals surface area (Å²) in [5.41, 5.74) is 0. The maximum Gasteiger partial charge on any atom is 0.460 e. The summed E-state index contributed by atoms with van der Waals surface area (Å²) >= 11 is 0. The lowest BCUT2D eigenvalue weighted by atomic mass is 9.87. The van der Waals surface area contributed by atoms with Gasteiger partial charge in [-0.2, -0.15) is 74.6 Å². The van der Waals surface area contributed by atoms with Crippen LogP contribution in [0.5, 0.6) is 0 Å². The minimum Gasteiger partial charge on any atom is -0.633 e. The van der Waals surface area contributed by atoms with Crippen molar-refractivity contribution in [1.29, 1.82) is 0 Å². The van der Waals surface area contributed by atoms with E-state index in [9.17, 15) is 84.6 Å². The van der Waals surface area contributed by atoms with E-state index < -0.39 is 77.3 Å². The molecule has 216 valence electrons. The van der Waals surface area contributed by atoms with Gasteiger partial charge in [-0.15, -0.1) is 0 Å². The number of halogens is 17. The molecule has 0 amide bonds. The first-order valence-electron chi connectivity index (χ1n) is 8.67. The number of carbonyl (C=O) groups is 1. The fourth-order valence-corrected chi connectivity index (χ4v) is 2.48. The molecule has 0 saturated carbocycles. The van der Waals surface area contributed by atoms with Crippen molar-refractivity contribution < 1.29 is 88.8 Å². The monoisotopic (exact) mass is 579 g/mol. The molecule has 0 aliphatic heterocycles. The average molecular weight is 579 g/mol. The Hall–Kier alpha value is -1.80. The van der Waals surface area contributed by atoms with Crippen molar-refractivity contribution in [3.05, 3.63) is 5.21 Å². The van der Waals surface area contributed by atoms with Crippen LogP contribution < -0.4 is 0 Å². The van der Waals surface area contributed by atoms with E-state index in [1.54, 1.807) is 0 Å². The van der Waals surface area contributed by atoms with Gasteiger partial charge in [0.2, 0.25) is 0 Å². The van der Waals surface area contributed by atoms with Gasteiger partial charge in [-0.05, 0) is 0 Å². The highest BCUT2D eigenvalue weighted by Gasteiger charge is 2.95. The molecular weight excluding hydrogens is 565 g/mol. The highest BCUT2D eigenvalue weighted by atomic mass is 19.4. The van der Waals surface area contributed by atoms with Gasteiger partial charge >= 0.3 is 53.6 Å². The number of hydrogen-bond acceptors (Lipinski definition) is 3. The lowest BCUT2D eigenvalue weighted by molar-refractivity contribution is -0.843. The van der Waals surface area contributed by atoms with Crippen molar-refractivity contribution in [1.82, 2.24) is 0 Å². The van der Waals surface area contributed by atoms with E-state index >= 15 is 0 Å². The van der Waals surface area contributed by atoms with Crippen LogP contribution >= 0.6 is 0 Å². The first-order valence-corrected chi connectivity index (χ1v) is 8.67. The van der Waals surface area contributed by atoms with Gasteiger partial charge < -0.3 is 14.6 Å². The smallest absolute Gasteiger partial charge is 0.460 e. The first-order chi connectivity index (χ1) is 15.2. The molecule has 36 heavy (non-hydrogen) atoms. The highest BCUT2D eigenvalue weighted by Crippen LogP contribution is 2.64. The lowest BCUT2D eigenvalue weighted by Gasteiger charge is -2.43.